The predicted molar refractivity (Wildman–Crippen MR) is 78.2 cm³/mol. The van der Waals surface area contributed by atoms with E-state index in [1.807, 2.05) is 6.92 Å². The number of nitrogens with zero attached hydrogens (tertiary/aromatic N) is 2. The number of ether oxygens (including phenoxy) is 1. The van der Waals surface area contributed by atoms with E-state index in [0.717, 1.165) is 27.6 Å². The highest BCUT2D eigenvalue weighted by molar-refractivity contribution is 7.11. The third-order valence-corrected chi connectivity index (χ3v) is 4.80. The van der Waals surface area contributed by atoms with Gasteiger partial charge in [-0.3, -0.25) is 0 Å². The topological polar surface area (TPSA) is 54.5 Å². The smallest absolute Gasteiger partial charge is 0.318 e. The second-order valence-electron chi connectivity index (χ2n) is 5.90. The van der Waals surface area contributed by atoms with Crippen LogP contribution in [-0.4, -0.2) is 48.1 Å². The van der Waals surface area contributed by atoms with E-state index in [-0.39, 0.29) is 19.2 Å². The Hall–Kier alpha value is -1.28. The minimum Gasteiger partial charge on any atom is -0.373 e. The first-order valence-corrected chi connectivity index (χ1v) is 8.20. The summed E-state index contributed by atoms with van der Waals surface area (Å²) in [5.74, 6) is -2.64. The molecule has 1 aliphatic heterocycles. The van der Waals surface area contributed by atoms with E-state index in [0.29, 0.717) is 5.92 Å². The summed E-state index contributed by atoms with van der Waals surface area (Å²) in [7, 11) is 0. The van der Waals surface area contributed by atoms with Crippen molar-refractivity contribution < 1.29 is 18.3 Å². The summed E-state index contributed by atoms with van der Waals surface area (Å²) in [4.78, 5) is 18.9. The Balaban J connectivity index is 1.68. The standard InChI is InChI=1S/C14H19F2N3O2S/c1-9-6-17-12(22-9)11(10-2-3-10)18-13(20)19-4-5-21-8-14(15,16)7-19/h6,10-11H,2-5,7-8H2,1H3,(H,18,20)/t11-/m1/s1. The zero-order chi connectivity index (χ0) is 15.7. The van der Waals surface area contributed by atoms with Crippen LogP contribution in [0.5, 0.6) is 0 Å². The molecule has 122 valence electrons. The molecular weight excluding hydrogens is 312 g/mol. The Morgan fingerprint density at radius 2 is 2.36 bits per heavy atom. The predicted octanol–water partition coefficient (Wildman–Crippen LogP) is 2.58. The quantitative estimate of drug-likeness (QED) is 0.926. The van der Waals surface area contributed by atoms with Crippen LogP contribution in [0.1, 0.15) is 28.8 Å². The minimum absolute atomic E-state index is 0.132. The molecule has 2 amide bonds. The van der Waals surface area contributed by atoms with Gasteiger partial charge in [0.1, 0.15) is 11.6 Å². The van der Waals surface area contributed by atoms with Crippen molar-refractivity contribution in [1.82, 2.24) is 15.2 Å². The minimum atomic E-state index is -3.00. The van der Waals surface area contributed by atoms with E-state index >= 15 is 0 Å². The maximum absolute atomic E-state index is 13.6. The summed E-state index contributed by atoms with van der Waals surface area (Å²) in [5.41, 5.74) is 0. The van der Waals surface area contributed by atoms with Crippen molar-refractivity contribution in [3.05, 3.63) is 16.1 Å². The number of amides is 2. The number of halogens is 2. The number of nitrogens with one attached hydrogen (secondary N) is 1. The molecule has 0 aromatic carbocycles. The Morgan fingerprint density at radius 3 is 3.00 bits per heavy atom. The lowest BCUT2D eigenvalue weighted by Gasteiger charge is -2.26. The van der Waals surface area contributed by atoms with Gasteiger partial charge in [0, 0.05) is 17.6 Å². The fourth-order valence-corrected chi connectivity index (χ4v) is 3.44. The molecule has 1 saturated heterocycles. The summed E-state index contributed by atoms with van der Waals surface area (Å²) >= 11 is 1.54. The molecule has 1 saturated carbocycles. The number of carbonyl (C=O) groups excluding carboxylic acids is 1. The number of hydrogen-bond acceptors (Lipinski definition) is 4. The lowest BCUT2D eigenvalue weighted by Crippen LogP contribution is -2.47. The highest BCUT2D eigenvalue weighted by Gasteiger charge is 2.39. The molecule has 1 aliphatic carbocycles. The van der Waals surface area contributed by atoms with Crippen LogP contribution in [0.15, 0.2) is 6.20 Å². The molecule has 0 radical (unpaired) electrons. The number of alkyl halides is 2. The normalized spacial score (nSPS) is 23.0. The van der Waals surface area contributed by atoms with Crippen LogP contribution < -0.4 is 5.32 Å². The Morgan fingerprint density at radius 1 is 1.59 bits per heavy atom. The van der Waals surface area contributed by atoms with E-state index in [1.54, 1.807) is 6.20 Å². The van der Waals surface area contributed by atoms with Crippen molar-refractivity contribution >= 4 is 17.4 Å². The van der Waals surface area contributed by atoms with Gasteiger partial charge in [-0.1, -0.05) is 0 Å². The van der Waals surface area contributed by atoms with Gasteiger partial charge in [-0.05, 0) is 25.7 Å². The zero-order valence-electron chi connectivity index (χ0n) is 12.3. The Bertz CT molecular complexity index is 548. The molecular formula is C14H19F2N3O2S. The van der Waals surface area contributed by atoms with E-state index in [2.05, 4.69) is 10.3 Å². The van der Waals surface area contributed by atoms with Crippen molar-refractivity contribution in [2.75, 3.05) is 26.3 Å². The summed E-state index contributed by atoms with van der Waals surface area (Å²) in [6, 6.07) is -0.640. The lowest BCUT2D eigenvalue weighted by molar-refractivity contribution is -0.0652. The van der Waals surface area contributed by atoms with Crippen molar-refractivity contribution in [2.45, 2.75) is 31.7 Å². The van der Waals surface area contributed by atoms with E-state index in [9.17, 15) is 13.6 Å². The highest BCUT2D eigenvalue weighted by atomic mass is 32.1. The van der Waals surface area contributed by atoms with Crippen molar-refractivity contribution in [3.63, 3.8) is 0 Å². The molecule has 0 unspecified atom stereocenters. The average molecular weight is 331 g/mol. The molecule has 0 bridgehead atoms. The highest BCUT2D eigenvalue weighted by Crippen LogP contribution is 2.42. The third kappa shape index (κ3) is 3.73. The van der Waals surface area contributed by atoms with Gasteiger partial charge in [-0.2, -0.15) is 0 Å². The number of urea groups is 1. The fourth-order valence-electron chi connectivity index (χ4n) is 2.52. The molecule has 2 fully saturated rings. The van der Waals surface area contributed by atoms with Crippen molar-refractivity contribution in [1.29, 1.82) is 0 Å². The monoisotopic (exact) mass is 331 g/mol. The molecule has 22 heavy (non-hydrogen) atoms. The van der Waals surface area contributed by atoms with E-state index in [1.165, 1.54) is 11.3 Å². The number of carbonyl (C=O) groups is 1. The molecule has 3 rings (SSSR count). The van der Waals surface area contributed by atoms with Crippen molar-refractivity contribution in [2.24, 2.45) is 5.92 Å². The maximum atomic E-state index is 13.6. The zero-order valence-corrected chi connectivity index (χ0v) is 13.2. The first-order valence-electron chi connectivity index (χ1n) is 7.38. The van der Waals surface area contributed by atoms with Crippen LogP contribution in [0.2, 0.25) is 0 Å². The summed E-state index contributed by atoms with van der Waals surface area (Å²) in [5, 5.41) is 3.74. The van der Waals surface area contributed by atoms with Crippen molar-refractivity contribution in [3.8, 4) is 0 Å². The average Bonchev–Trinajstić information content (AvgIpc) is 3.22. The fraction of sp³-hybridized carbons (Fsp3) is 0.714. The molecule has 2 aliphatic rings. The molecule has 2 heterocycles. The largest absolute Gasteiger partial charge is 0.373 e. The molecule has 8 heteroatoms. The van der Waals surface area contributed by atoms with Crippen LogP contribution in [0.3, 0.4) is 0 Å². The van der Waals surface area contributed by atoms with Gasteiger partial charge in [-0.15, -0.1) is 11.3 Å². The van der Waals surface area contributed by atoms with Crippen LogP contribution in [0.4, 0.5) is 13.6 Å². The van der Waals surface area contributed by atoms with Crippen LogP contribution in [0.25, 0.3) is 0 Å². The second-order valence-corrected chi connectivity index (χ2v) is 7.17. The van der Waals surface area contributed by atoms with Crippen LogP contribution >= 0.6 is 11.3 Å². The van der Waals surface area contributed by atoms with Gasteiger partial charge in [0.15, 0.2) is 0 Å². The Kier molecular flexibility index (Phi) is 4.31. The molecule has 1 aromatic heterocycles. The summed E-state index contributed by atoms with van der Waals surface area (Å²) < 4.78 is 32.0. The summed E-state index contributed by atoms with van der Waals surface area (Å²) in [6.45, 7) is 1.03. The lowest BCUT2D eigenvalue weighted by atomic mass is 10.2. The third-order valence-electron chi connectivity index (χ3n) is 3.81. The number of aromatic nitrogens is 1. The number of thiazole rings is 1. The van der Waals surface area contributed by atoms with Gasteiger partial charge in [0.05, 0.1) is 19.2 Å². The molecule has 5 nitrogen and oxygen atoms in total. The van der Waals surface area contributed by atoms with Gasteiger partial charge in [0.2, 0.25) is 0 Å². The Labute approximate surface area is 131 Å². The van der Waals surface area contributed by atoms with Crippen LogP contribution in [0, 0.1) is 12.8 Å². The first-order chi connectivity index (χ1) is 10.4. The van der Waals surface area contributed by atoms with E-state index in [4.69, 9.17) is 4.74 Å². The molecule has 1 aromatic rings. The second kappa shape index (κ2) is 6.08. The molecule has 0 spiro atoms. The van der Waals surface area contributed by atoms with Gasteiger partial charge >= 0.3 is 6.03 Å². The van der Waals surface area contributed by atoms with E-state index < -0.39 is 25.1 Å². The number of rotatable bonds is 3. The summed E-state index contributed by atoms with van der Waals surface area (Å²) in [6.07, 6.45) is 3.83. The number of hydrogen-bond donors (Lipinski definition) is 1. The molecule has 1 N–H and O–H groups in total. The van der Waals surface area contributed by atoms with Gasteiger partial charge < -0.3 is 15.0 Å². The molecule has 1 atom stereocenters. The van der Waals surface area contributed by atoms with Gasteiger partial charge in [-0.25, -0.2) is 18.6 Å². The maximum Gasteiger partial charge on any atom is 0.318 e. The first kappa shape index (κ1) is 15.6. The SMILES string of the molecule is Cc1cnc([C@H](NC(=O)N2CCOCC(F)(F)C2)C2CC2)s1. The van der Waals surface area contributed by atoms with Gasteiger partial charge in [0.25, 0.3) is 5.92 Å². The number of aryl methyl sites for hydroxylation is 1. The van der Waals surface area contributed by atoms with Crippen LogP contribution in [-0.2, 0) is 4.74 Å².